The average Bonchev–Trinajstić information content (AvgIpc) is 2.85. The van der Waals surface area contributed by atoms with Crippen LogP contribution in [0.5, 0.6) is 0 Å². The fourth-order valence-electron chi connectivity index (χ4n) is 2.29. The van der Waals surface area contributed by atoms with Gasteiger partial charge in [0.2, 0.25) is 0 Å². The molecule has 0 spiro atoms. The number of hydrogen-bond acceptors (Lipinski definition) is 4. The lowest BCUT2D eigenvalue weighted by atomic mass is 10.1. The van der Waals surface area contributed by atoms with Crippen LogP contribution in [0.25, 0.3) is 10.2 Å². The van der Waals surface area contributed by atoms with Gasteiger partial charge < -0.3 is 0 Å². The Morgan fingerprint density at radius 3 is 2.67 bits per heavy atom. The lowest BCUT2D eigenvalue weighted by Crippen LogP contribution is -2.23. The number of nitrogens with zero attached hydrogens (tertiary/aromatic N) is 3. The molecule has 5 heteroatoms. The van der Waals surface area contributed by atoms with E-state index < -0.39 is 0 Å². The third kappa shape index (κ3) is 2.46. The number of aromatic nitrogens is 2. The van der Waals surface area contributed by atoms with Crippen LogP contribution in [-0.2, 0) is 6.54 Å². The third-order valence-electron chi connectivity index (χ3n) is 3.39. The second-order valence-corrected chi connectivity index (χ2v) is 6.17. The number of rotatable bonds is 2. The van der Waals surface area contributed by atoms with Gasteiger partial charge in [0, 0.05) is 4.88 Å². The van der Waals surface area contributed by atoms with Gasteiger partial charge in [-0.05, 0) is 37.6 Å². The Morgan fingerprint density at radius 1 is 1.29 bits per heavy atom. The summed E-state index contributed by atoms with van der Waals surface area (Å²) in [6.07, 6.45) is 0. The highest BCUT2D eigenvalue weighted by Crippen LogP contribution is 2.20. The van der Waals surface area contributed by atoms with Crippen molar-refractivity contribution in [2.75, 3.05) is 0 Å². The van der Waals surface area contributed by atoms with E-state index in [1.165, 1.54) is 11.3 Å². The van der Waals surface area contributed by atoms with Gasteiger partial charge in [-0.15, -0.1) is 11.3 Å². The summed E-state index contributed by atoms with van der Waals surface area (Å²) in [5, 5.41) is 9.49. The monoisotopic (exact) mass is 295 g/mol. The zero-order chi connectivity index (χ0) is 15.0. The lowest BCUT2D eigenvalue weighted by molar-refractivity contribution is 0.714. The molecular weight excluding hydrogens is 282 g/mol. The van der Waals surface area contributed by atoms with Crippen molar-refractivity contribution in [1.82, 2.24) is 9.55 Å². The van der Waals surface area contributed by atoms with Crippen LogP contribution in [0.15, 0.2) is 35.1 Å². The maximum absolute atomic E-state index is 12.6. The molecule has 0 bridgehead atoms. The van der Waals surface area contributed by atoms with E-state index in [0.717, 1.165) is 15.3 Å². The van der Waals surface area contributed by atoms with Crippen LogP contribution in [0.4, 0.5) is 0 Å². The molecule has 0 saturated carbocycles. The predicted molar refractivity (Wildman–Crippen MR) is 83.6 cm³/mol. The second-order valence-electron chi connectivity index (χ2n) is 4.93. The van der Waals surface area contributed by atoms with Crippen LogP contribution in [0.2, 0.25) is 0 Å². The maximum Gasteiger partial charge on any atom is 0.262 e. The van der Waals surface area contributed by atoms with E-state index in [1.54, 1.807) is 16.7 Å². The second kappa shape index (κ2) is 5.15. The van der Waals surface area contributed by atoms with Crippen LogP contribution in [0.1, 0.15) is 21.8 Å². The molecule has 2 heterocycles. The number of nitriles is 1. The molecule has 0 saturated heterocycles. The van der Waals surface area contributed by atoms with Gasteiger partial charge in [-0.2, -0.15) is 5.26 Å². The summed E-state index contributed by atoms with van der Waals surface area (Å²) in [7, 11) is 0. The molecule has 0 atom stereocenters. The molecule has 0 N–H and O–H groups in total. The van der Waals surface area contributed by atoms with Crippen LogP contribution in [0, 0.1) is 25.2 Å². The molecule has 0 amide bonds. The highest BCUT2D eigenvalue weighted by atomic mass is 32.1. The number of fused-ring (bicyclic) bond motifs is 1. The first-order valence-corrected chi connectivity index (χ1v) is 7.37. The zero-order valence-corrected chi connectivity index (χ0v) is 12.6. The Labute approximate surface area is 125 Å². The van der Waals surface area contributed by atoms with Gasteiger partial charge in [-0.3, -0.25) is 9.36 Å². The lowest BCUT2D eigenvalue weighted by Gasteiger charge is -2.09. The van der Waals surface area contributed by atoms with Gasteiger partial charge >= 0.3 is 0 Å². The van der Waals surface area contributed by atoms with E-state index >= 15 is 0 Å². The van der Waals surface area contributed by atoms with Crippen molar-refractivity contribution in [2.24, 2.45) is 0 Å². The standard InChI is InChI=1S/C16H13N3OS/c1-10-7-14-15(21-10)18-11(2)19(16(14)20)9-13-5-3-12(8-17)4-6-13/h3-7H,9H2,1-2H3. The Bertz CT molecular complexity index is 914. The first kappa shape index (κ1) is 13.5. The quantitative estimate of drug-likeness (QED) is 0.730. The smallest absolute Gasteiger partial charge is 0.262 e. The van der Waals surface area contributed by atoms with Gasteiger partial charge in [-0.25, -0.2) is 4.98 Å². The summed E-state index contributed by atoms with van der Waals surface area (Å²) in [6.45, 7) is 4.29. The molecule has 0 aliphatic rings. The highest BCUT2D eigenvalue weighted by molar-refractivity contribution is 7.18. The molecule has 3 rings (SSSR count). The van der Waals surface area contributed by atoms with Crippen molar-refractivity contribution < 1.29 is 0 Å². The van der Waals surface area contributed by atoms with Crippen LogP contribution < -0.4 is 5.56 Å². The van der Waals surface area contributed by atoms with Crippen molar-refractivity contribution in [3.05, 3.63) is 62.5 Å². The molecule has 0 aliphatic carbocycles. The number of aryl methyl sites for hydroxylation is 2. The Hall–Kier alpha value is -2.45. The van der Waals surface area contributed by atoms with Crippen LogP contribution in [-0.4, -0.2) is 9.55 Å². The molecule has 0 aliphatic heterocycles. The molecular formula is C16H13N3OS. The minimum absolute atomic E-state index is 0.00814. The first-order chi connectivity index (χ1) is 10.1. The molecule has 104 valence electrons. The van der Waals surface area contributed by atoms with Crippen molar-refractivity contribution in [1.29, 1.82) is 5.26 Å². The summed E-state index contributed by atoms with van der Waals surface area (Å²) in [6, 6.07) is 11.2. The first-order valence-electron chi connectivity index (χ1n) is 6.55. The molecule has 0 radical (unpaired) electrons. The number of thiophene rings is 1. The summed E-state index contributed by atoms with van der Waals surface area (Å²) in [4.78, 5) is 19.0. The van der Waals surface area contributed by atoms with Gasteiger partial charge in [0.25, 0.3) is 5.56 Å². The van der Waals surface area contributed by atoms with Gasteiger partial charge in [-0.1, -0.05) is 12.1 Å². The zero-order valence-electron chi connectivity index (χ0n) is 11.8. The van der Waals surface area contributed by atoms with Crippen molar-refractivity contribution in [3.8, 4) is 6.07 Å². The normalized spacial score (nSPS) is 10.7. The van der Waals surface area contributed by atoms with E-state index in [0.29, 0.717) is 23.3 Å². The summed E-state index contributed by atoms with van der Waals surface area (Å²) >= 11 is 1.54. The topological polar surface area (TPSA) is 58.7 Å². The molecule has 3 aromatic rings. The number of hydrogen-bond donors (Lipinski definition) is 0. The summed E-state index contributed by atoms with van der Waals surface area (Å²) in [5.41, 5.74) is 1.59. The molecule has 2 aromatic heterocycles. The highest BCUT2D eigenvalue weighted by Gasteiger charge is 2.11. The number of benzene rings is 1. The largest absolute Gasteiger partial charge is 0.292 e. The predicted octanol–water partition coefficient (Wildman–Crippen LogP) is 2.99. The molecule has 21 heavy (non-hydrogen) atoms. The minimum atomic E-state index is -0.00814. The summed E-state index contributed by atoms with van der Waals surface area (Å²) in [5.74, 6) is 0.707. The molecule has 0 unspecified atom stereocenters. The maximum atomic E-state index is 12.6. The molecule has 0 fully saturated rings. The van der Waals surface area contributed by atoms with E-state index in [4.69, 9.17) is 5.26 Å². The summed E-state index contributed by atoms with van der Waals surface area (Å²) < 4.78 is 1.68. The Kier molecular flexibility index (Phi) is 3.32. The van der Waals surface area contributed by atoms with E-state index in [2.05, 4.69) is 11.1 Å². The van der Waals surface area contributed by atoms with Gasteiger partial charge in [0.15, 0.2) is 0 Å². The fourth-order valence-corrected chi connectivity index (χ4v) is 3.21. The fraction of sp³-hybridized carbons (Fsp3) is 0.188. The van der Waals surface area contributed by atoms with Crippen LogP contribution in [0.3, 0.4) is 0 Å². The van der Waals surface area contributed by atoms with Crippen molar-refractivity contribution in [3.63, 3.8) is 0 Å². The average molecular weight is 295 g/mol. The van der Waals surface area contributed by atoms with Gasteiger partial charge in [0.05, 0.1) is 23.6 Å². The Morgan fingerprint density at radius 2 is 2.00 bits per heavy atom. The Balaban J connectivity index is 2.07. The van der Waals surface area contributed by atoms with E-state index in [-0.39, 0.29) is 5.56 Å². The minimum Gasteiger partial charge on any atom is -0.292 e. The molecule has 4 nitrogen and oxygen atoms in total. The van der Waals surface area contributed by atoms with E-state index in [1.807, 2.05) is 32.0 Å². The van der Waals surface area contributed by atoms with Crippen LogP contribution >= 0.6 is 11.3 Å². The van der Waals surface area contributed by atoms with Crippen molar-refractivity contribution >= 4 is 21.6 Å². The third-order valence-corrected chi connectivity index (χ3v) is 4.33. The molecule has 1 aromatic carbocycles. The van der Waals surface area contributed by atoms with Gasteiger partial charge in [0.1, 0.15) is 10.7 Å². The SMILES string of the molecule is Cc1cc2c(=O)n(Cc3ccc(C#N)cc3)c(C)nc2s1. The van der Waals surface area contributed by atoms with E-state index in [9.17, 15) is 4.79 Å². The van der Waals surface area contributed by atoms with Crippen molar-refractivity contribution in [2.45, 2.75) is 20.4 Å².